The minimum absolute atomic E-state index is 0.441. The predicted octanol–water partition coefficient (Wildman–Crippen LogP) is 2.04. The molecule has 0 radical (unpaired) electrons. The quantitative estimate of drug-likeness (QED) is 0.832. The number of aryl methyl sites for hydroxylation is 1. The smallest absolute Gasteiger partial charge is 0.149 e. The van der Waals surface area contributed by atoms with Gasteiger partial charge in [0.1, 0.15) is 17.3 Å². The number of nitrogens with two attached hydrogens (primary N) is 1. The summed E-state index contributed by atoms with van der Waals surface area (Å²) in [4.78, 5) is 8.26. The van der Waals surface area contributed by atoms with Crippen LogP contribution >= 0.6 is 0 Å². The SMILES string of the molecule is COc1ccc(-c2nccnc2N)c(C)c1. The summed E-state index contributed by atoms with van der Waals surface area (Å²) >= 11 is 0. The highest BCUT2D eigenvalue weighted by Gasteiger charge is 2.08. The van der Waals surface area contributed by atoms with Gasteiger partial charge in [-0.15, -0.1) is 0 Å². The van der Waals surface area contributed by atoms with E-state index in [0.717, 1.165) is 16.9 Å². The highest BCUT2D eigenvalue weighted by molar-refractivity contribution is 5.72. The molecule has 0 bridgehead atoms. The summed E-state index contributed by atoms with van der Waals surface area (Å²) in [7, 11) is 1.64. The molecule has 4 nitrogen and oxygen atoms in total. The van der Waals surface area contributed by atoms with E-state index in [1.807, 2.05) is 25.1 Å². The highest BCUT2D eigenvalue weighted by atomic mass is 16.5. The second kappa shape index (κ2) is 4.18. The predicted molar refractivity (Wildman–Crippen MR) is 63.2 cm³/mol. The molecule has 0 unspecified atom stereocenters. The van der Waals surface area contributed by atoms with Crippen LogP contribution in [-0.2, 0) is 0 Å². The van der Waals surface area contributed by atoms with Crippen LogP contribution in [0.15, 0.2) is 30.6 Å². The Morgan fingerprint density at radius 2 is 1.94 bits per heavy atom. The third kappa shape index (κ3) is 1.82. The summed E-state index contributed by atoms with van der Waals surface area (Å²) in [5.41, 5.74) is 8.54. The zero-order chi connectivity index (χ0) is 11.5. The van der Waals surface area contributed by atoms with Crippen LogP contribution < -0.4 is 10.5 Å². The van der Waals surface area contributed by atoms with Gasteiger partial charge in [0, 0.05) is 18.0 Å². The molecule has 4 heteroatoms. The Bertz CT molecular complexity index is 511. The van der Waals surface area contributed by atoms with Crippen molar-refractivity contribution in [2.45, 2.75) is 6.92 Å². The lowest BCUT2D eigenvalue weighted by Crippen LogP contribution is -1.97. The molecule has 0 fully saturated rings. The number of hydrogen-bond donors (Lipinski definition) is 1. The normalized spacial score (nSPS) is 10.1. The Balaban J connectivity index is 2.53. The standard InChI is InChI=1S/C12H13N3O/c1-8-7-9(16-2)3-4-10(8)11-12(13)15-6-5-14-11/h3-7H,1-2H3,(H2,13,15). The Morgan fingerprint density at radius 3 is 2.56 bits per heavy atom. The molecular weight excluding hydrogens is 202 g/mol. The van der Waals surface area contributed by atoms with Crippen LogP contribution in [0, 0.1) is 6.92 Å². The number of aromatic nitrogens is 2. The molecule has 0 aliphatic rings. The molecule has 0 atom stereocenters. The zero-order valence-corrected chi connectivity index (χ0v) is 9.27. The maximum atomic E-state index is 5.79. The van der Waals surface area contributed by atoms with Gasteiger partial charge in [-0.05, 0) is 30.7 Å². The first-order valence-corrected chi connectivity index (χ1v) is 4.94. The second-order valence-corrected chi connectivity index (χ2v) is 3.47. The number of anilines is 1. The molecule has 0 spiro atoms. The molecule has 1 heterocycles. The number of nitrogens with zero attached hydrogens (tertiary/aromatic N) is 2. The molecule has 0 saturated heterocycles. The maximum Gasteiger partial charge on any atom is 0.149 e. The van der Waals surface area contributed by atoms with Crippen molar-refractivity contribution in [3.05, 3.63) is 36.2 Å². The van der Waals surface area contributed by atoms with Crippen molar-refractivity contribution in [3.63, 3.8) is 0 Å². The van der Waals surface area contributed by atoms with E-state index in [4.69, 9.17) is 10.5 Å². The summed E-state index contributed by atoms with van der Waals surface area (Å²) in [5.74, 6) is 1.26. The number of rotatable bonds is 2. The number of nitrogen functional groups attached to an aromatic ring is 1. The van der Waals surface area contributed by atoms with Gasteiger partial charge in [-0.25, -0.2) is 4.98 Å². The maximum absolute atomic E-state index is 5.79. The van der Waals surface area contributed by atoms with E-state index in [2.05, 4.69) is 9.97 Å². The van der Waals surface area contributed by atoms with Crippen LogP contribution in [0.25, 0.3) is 11.3 Å². The van der Waals surface area contributed by atoms with E-state index in [1.165, 1.54) is 0 Å². The molecule has 0 aliphatic heterocycles. The Kier molecular flexibility index (Phi) is 2.72. The average molecular weight is 215 g/mol. The van der Waals surface area contributed by atoms with Gasteiger partial charge in [0.15, 0.2) is 0 Å². The zero-order valence-electron chi connectivity index (χ0n) is 9.27. The Morgan fingerprint density at radius 1 is 1.19 bits per heavy atom. The first-order valence-electron chi connectivity index (χ1n) is 4.94. The van der Waals surface area contributed by atoms with Crippen molar-refractivity contribution in [2.24, 2.45) is 0 Å². The molecule has 0 aliphatic carbocycles. The van der Waals surface area contributed by atoms with E-state index in [9.17, 15) is 0 Å². The molecule has 1 aromatic heterocycles. The van der Waals surface area contributed by atoms with E-state index < -0.39 is 0 Å². The van der Waals surface area contributed by atoms with Crippen molar-refractivity contribution in [3.8, 4) is 17.0 Å². The molecule has 2 N–H and O–H groups in total. The van der Waals surface area contributed by atoms with Crippen molar-refractivity contribution < 1.29 is 4.74 Å². The van der Waals surface area contributed by atoms with Gasteiger partial charge in [0.05, 0.1) is 7.11 Å². The van der Waals surface area contributed by atoms with Gasteiger partial charge >= 0.3 is 0 Å². The molecule has 2 aromatic rings. The van der Waals surface area contributed by atoms with Crippen LogP contribution in [0.2, 0.25) is 0 Å². The van der Waals surface area contributed by atoms with E-state index in [1.54, 1.807) is 19.5 Å². The Hall–Kier alpha value is -2.10. The minimum atomic E-state index is 0.441. The van der Waals surface area contributed by atoms with E-state index in [0.29, 0.717) is 11.5 Å². The Labute approximate surface area is 94.1 Å². The summed E-state index contributed by atoms with van der Waals surface area (Å²) in [6.07, 6.45) is 3.22. The molecule has 82 valence electrons. The summed E-state index contributed by atoms with van der Waals surface area (Å²) in [6.45, 7) is 1.99. The lowest BCUT2D eigenvalue weighted by atomic mass is 10.1. The average Bonchev–Trinajstić information content (AvgIpc) is 2.30. The number of hydrogen-bond acceptors (Lipinski definition) is 4. The largest absolute Gasteiger partial charge is 0.497 e. The third-order valence-corrected chi connectivity index (χ3v) is 2.42. The van der Waals surface area contributed by atoms with Crippen molar-refractivity contribution in [2.75, 3.05) is 12.8 Å². The molecule has 0 amide bonds. The monoisotopic (exact) mass is 215 g/mol. The summed E-state index contributed by atoms with van der Waals surface area (Å²) in [6, 6.07) is 5.77. The second-order valence-electron chi connectivity index (χ2n) is 3.47. The van der Waals surface area contributed by atoms with Gasteiger partial charge in [0.2, 0.25) is 0 Å². The van der Waals surface area contributed by atoms with Gasteiger partial charge in [-0.1, -0.05) is 0 Å². The summed E-state index contributed by atoms with van der Waals surface area (Å²) in [5, 5.41) is 0. The van der Waals surface area contributed by atoms with Crippen LogP contribution in [0.5, 0.6) is 5.75 Å². The summed E-state index contributed by atoms with van der Waals surface area (Å²) < 4.78 is 5.15. The van der Waals surface area contributed by atoms with Crippen molar-refractivity contribution >= 4 is 5.82 Å². The van der Waals surface area contributed by atoms with Crippen LogP contribution in [0.3, 0.4) is 0 Å². The van der Waals surface area contributed by atoms with E-state index in [-0.39, 0.29) is 0 Å². The number of ether oxygens (including phenoxy) is 1. The topological polar surface area (TPSA) is 61.0 Å². The fraction of sp³-hybridized carbons (Fsp3) is 0.167. The molecule has 2 rings (SSSR count). The van der Waals surface area contributed by atoms with Gasteiger partial charge in [-0.3, -0.25) is 4.98 Å². The first kappa shape index (κ1) is 10.4. The highest BCUT2D eigenvalue weighted by Crippen LogP contribution is 2.27. The van der Waals surface area contributed by atoms with Crippen LogP contribution in [-0.4, -0.2) is 17.1 Å². The van der Waals surface area contributed by atoms with Gasteiger partial charge < -0.3 is 10.5 Å². The minimum Gasteiger partial charge on any atom is -0.497 e. The molecule has 16 heavy (non-hydrogen) atoms. The van der Waals surface area contributed by atoms with Gasteiger partial charge in [-0.2, -0.15) is 0 Å². The lowest BCUT2D eigenvalue weighted by molar-refractivity contribution is 0.414. The molecule has 1 aromatic carbocycles. The van der Waals surface area contributed by atoms with Crippen LogP contribution in [0.1, 0.15) is 5.56 Å². The van der Waals surface area contributed by atoms with Crippen molar-refractivity contribution in [1.82, 2.24) is 9.97 Å². The van der Waals surface area contributed by atoms with Crippen molar-refractivity contribution in [1.29, 1.82) is 0 Å². The van der Waals surface area contributed by atoms with E-state index >= 15 is 0 Å². The first-order chi connectivity index (χ1) is 7.72. The fourth-order valence-electron chi connectivity index (χ4n) is 1.59. The fourth-order valence-corrected chi connectivity index (χ4v) is 1.59. The molecular formula is C12H13N3O. The molecule has 0 saturated carbocycles. The number of methoxy groups -OCH3 is 1. The van der Waals surface area contributed by atoms with Gasteiger partial charge in [0.25, 0.3) is 0 Å². The number of benzene rings is 1. The lowest BCUT2D eigenvalue weighted by Gasteiger charge is -2.08. The third-order valence-electron chi connectivity index (χ3n) is 2.42. The van der Waals surface area contributed by atoms with Crippen LogP contribution in [0.4, 0.5) is 5.82 Å².